The van der Waals surface area contributed by atoms with Crippen molar-refractivity contribution >= 4 is 27.8 Å². The highest BCUT2D eigenvalue weighted by Gasteiger charge is 2.51. The fourth-order valence-electron chi connectivity index (χ4n) is 1.97. The highest BCUT2D eigenvalue weighted by atomic mass is 79.9. The highest BCUT2D eigenvalue weighted by molar-refractivity contribution is 9.10. The van der Waals surface area contributed by atoms with Crippen LogP contribution in [0, 0.1) is 0 Å². The summed E-state index contributed by atoms with van der Waals surface area (Å²) in [6.07, 6.45) is 0. The molecule has 90 valence electrons. The van der Waals surface area contributed by atoms with Gasteiger partial charge in [0, 0.05) is 6.54 Å². The molecule has 0 spiro atoms. The Bertz CT molecular complexity index is 458. The number of hydrogen-bond donors (Lipinski definition) is 1. The van der Waals surface area contributed by atoms with Crippen LogP contribution in [0.5, 0.6) is 0 Å². The highest BCUT2D eigenvalue weighted by Crippen LogP contribution is 2.37. The summed E-state index contributed by atoms with van der Waals surface area (Å²) >= 11 is 3.28. The van der Waals surface area contributed by atoms with Crippen molar-refractivity contribution in [2.75, 3.05) is 6.54 Å². The van der Waals surface area contributed by atoms with Gasteiger partial charge in [0.2, 0.25) is 5.91 Å². The fourth-order valence-corrected chi connectivity index (χ4v) is 2.47. The van der Waals surface area contributed by atoms with Gasteiger partial charge in [-0.15, -0.1) is 0 Å². The largest absolute Gasteiger partial charge is 0.479 e. The lowest BCUT2D eigenvalue weighted by atomic mass is 9.94. The number of carbonyl (C=O) groups is 2. The summed E-state index contributed by atoms with van der Waals surface area (Å²) in [4.78, 5) is 24.5. The van der Waals surface area contributed by atoms with Crippen LogP contribution in [0.25, 0.3) is 0 Å². The van der Waals surface area contributed by atoms with Gasteiger partial charge in [-0.25, -0.2) is 4.79 Å². The minimum atomic E-state index is -1.01. The quantitative estimate of drug-likeness (QED) is 0.684. The maximum absolute atomic E-state index is 11.8. The van der Waals surface area contributed by atoms with E-state index in [1.165, 1.54) is 4.90 Å². The van der Waals surface area contributed by atoms with Gasteiger partial charge in [0.1, 0.15) is 4.32 Å². The summed E-state index contributed by atoms with van der Waals surface area (Å²) in [5.74, 6) is -1.19. The smallest absolute Gasteiger partial charge is 0.331 e. The van der Waals surface area contributed by atoms with Crippen LogP contribution in [-0.2, 0) is 9.59 Å². The summed E-state index contributed by atoms with van der Waals surface area (Å²) in [5.41, 5.74) is 0.622. The van der Waals surface area contributed by atoms with E-state index in [1.54, 1.807) is 31.2 Å². The number of carboxylic acids is 1. The molecule has 0 bridgehead atoms. The number of carboxylic acid groups (broad SMARTS) is 1. The van der Waals surface area contributed by atoms with E-state index >= 15 is 0 Å². The number of likely N-dealkylation sites (tertiary alicyclic amines) is 1. The second kappa shape index (κ2) is 4.14. The molecule has 1 saturated heterocycles. The number of rotatable bonds is 3. The molecule has 1 aliphatic rings. The summed E-state index contributed by atoms with van der Waals surface area (Å²) in [6.45, 7) is 2.15. The molecular formula is C12H12BrNO3. The fraction of sp³-hybridized carbons (Fsp3) is 0.333. The molecule has 1 N–H and O–H groups in total. The van der Waals surface area contributed by atoms with Crippen LogP contribution in [0.3, 0.4) is 0 Å². The van der Waals surface area contributed by atoms with Gasteiger partial charge >= 0.3 is 5.97 Å². The number of nitrogens with zero attached hydrogens (tertiary/aromatic N) is 1. The molecule has 1 amide bonds. The van der Waals surface area contributed by atoms with Crippen LogP contribution in [0.4, 0.5) is 0 Å². The van der Waals surface area contributed by atoms with Crippen molar-refractivity contribution in [3.05, 3.63) is 35.9 Å². The first-order valence-electron chi connectivity index (χ1n) is 5.21. The van der Waals surface area contributed by atoms with Crippen LogP contribution < -0.4 is 0 Å². The predicted molar refractivity (Wildman–Crippen MR) is 65.9 cm³/mol. The van der Waals surface area contributed by atoms with Gasteiger partial charge < -0.3 is 10.0 Å². The molecule has 5 heteroatoms. The third-order valence-corrected chi connectivity index (χ3v) is 3.42. The number of hydrogen-bond acceptors (Lipinski definition) is 2. The lowest BCUT2D eigenvalue weighted by Gasteiger charge is -2.45. The molecular weight excluding hydrogens is 286 g/mol. The van der Waals surface area contributed by atoms with Gasteiger partial charge in [0.05, 0.1) is 0 Å². The number of halogens is 1. The van der Waals surface area contributed by atoms with Gasteiger partial charge in [-0.2, -0.15) is 0 Å². The number of amides is 1. The second-order valence-electron chi connectivity index (χ2n) is 4.28. The molecule has 1 aliphatic heterocycles. The molecule has 2 rings (SSSR count). The first-order valence-corrected chi connectivity index (χ1v) is 6.00. The summed E-state index contributed by atoms with van der Waals surface area (Å²) in [5, 5.41) is 9.24. The van der Waals surface area contributed by atoms with Crippen LogP contribution in [0.2, 0.25) is 0 Å². The molecule has 4 nitrogen and oxygen atoms in total. The molecule has 0 radical (unpaired) electrons. The third kappa shape index (κ3) is 2.07. The number of aliphatic carboxylic acids is 1. The van der Waals surface area contributed by atoms with Crippen molar-refractivity contribution in [3.63, 3.8) is 0 Å². The van der Waals surface area contributed by atoms with Crippen molar-refractivity contribution in [1.82, 2.24) is 4.90 Å². The van der Waals surface area contributed by atoms with E-state index in [9.17, 15) is 14.7 Å². The van der Waals surface area contributed by atoms with Crippen molar-refractivity contribution in [3.8, 4) is 0 Å². The Balaban J connectivity index is 2.27. The average molecular weight is 298 g/mol. The van der Waals surface area contributed by atoms with Crippen LogP contribution in [0.15, 0.2) is 30.3 Å². The lowest BCUT2D eigenvalue weighted by Crippen LogP contribution is -2.63. The predicted octanol–water partition coefficient (Wildman–Crippen LogP) is 1.81. The molecule has 17 heavy (non-hydrogen) atoms. The Labute approximate surface area is 107 Å². The van der Waals surface area contributed by atoms with Gasteiger partial charge in [-0.3, -0.25) is 4.79 Å². The Morgan fingerprint density at radius 3 is 2.47 bits per heavy atom. The number of alkyl halides is 1. The van der Waals surface area contributed by atoms with Crippen molar-refractivity contribution in [1.29, 1.82) is 0 Å². The summed E-state index contributed by atoms with van der Waals surface area (Å²) in [6, 6.07) is 7.89. The molecule has 2 unspecified atom stereocenters. The Morgan fingerprint density at radius 2 is 2.06 bits per heavy atom. The van der Waals surface area contributed by atoms with E-state index < -0.39 is 16.3 Å². The van der Waals surface area contributed by atoms with Crippen molar-refractivity contribution < 1.29 is 14.7 Å². The molecule has 1 aromatic rings. The number of β-lactam (4-membered cyclic amide) rings is 1. The molecule has 1 fully saturated rings. The Morgan fingerprint density at radius 1 is 1.47 bits per heavy atom. The van der Waals surface area contributed by atoms with E-state index in [-0.39, 0.29) is 5.91 Å². The van der Waals surface area contributed by atoms with Crippen LogP contribution in [0.1, 0.15) is 18.5 Å². The normalized spacial score (nSPS) is 25.3. The molecule has 2 atom stereocenters. The van der Waals surface area contributed by atoms with E-state index in [0.717, 1.165) is 0 Å². The van der Waals surface area contributed by atoms with Crippen LogP contribution >= 0.6 is 15.9 Å². The lowest BCUT2D eigenvalue weighted by molar-refractivity contribution is -0.159. The standard InChI is InChI=1S/C12H12BrNO3/c1-12(13)7-14(11(12)17)9(10(15)16)8-5-3-2-4-6-8/h2-6,9H,7H2,1H3,(H,15,16). The second-order valence-corrected chi connectivity index (χ2v) is 6.03. The molecule has 0 saturated carbocycles. The molecule has 0 aliphatic carbocycles. The molecule has 0 aromatic heterocycles. The van der Waals surface area contributed by atoms with Gasteiger partial charge in [-0.05, 0) is 12.5 Å². The Kier molecular flexibility index (Phi) is 2.95. The summed E-state index contributed by atoms with van der Waals surface area (Å²) < 4.78 is -0.616. The van der Waals surface area contributed by atoms with E-state index in [0.29, 0.717) is 12.1 Å². The number of benzene rings is 1. The van der Waals surface area contributed by atoms with Gasteiger partial charge in [-0.1, -0.05) is 46.3 Å². The first kappa shape index (κ1) is 12.1. The monoisotopic (exact) mass is 297 g/mol. The molecule has 1 aromatic carbocycles. The van der Waals surface area contributed by atoms with Crippen LogP contribution in [-0.4, -0.2) is 32.8 Å². The number of carbonyl (C=O) groups excluding carboxylic acids is 1. The summed E-state index contributed by atoms with van der Waals surface area (Å²) in [7, 11) is 0. The average Bonchev–Trinajstić information content (AvgIpc) is 2.29. The molecule has 1 heterocycles. The minimum absolute atomic E-state index is 0.186. The first-order chi connectivity index (χ1) is 7.93. The van der Waals surface area contributed by atoms with Crippen molar-refractivity contribution in [2.45, 2.75) is 17.3 Å². The van der Waals surface area contributed by atoms with E-state index in [4.69, 9.17) is 0 Å². The maximum Gasteiger partial charge on any atom is 0.331 e. The minimum Gasteiger partial charge on any atom is -0.479 e. The third-order valence-electron chi connectivity index (χ3n) is 2.83. The maximum atomic E-state index is 11.8. The Hall–Kier alpha value is -1.36. The van der Waals surface area contributed by atoms with Gasteiger partial charge in [0.25, 0.3) is 0 Å². The topological polar surface area (TPSA) is 57.6 Å². The van der Waals surface area contributed by atoms with Gasteiger partial charge in [0.15, 0.2) is 6.04 Å². The van der Waals surface area contributed by atoms with E-state index in [2.05, 4.69) is 15.9 Å². The zero-order valence-corrected chi connectivity index (χ0v) is 10.8. The zero-order valence-electron chi connectivity index (χ0n) is 9.26. The SMILES string of the molecule is CC1(Br)CN(C(C(=O)O)c2ccccc2)C1=O. The van der Waals surface area contributed by atoms with E-state index in [1.807, 2.05) is 6.07 Å². The zero-order chi connectivity index (χ0) is 12.6. The van der Waals surface area contributed by atoms with Crippen molar-refractivity contribution in [2.24, 2.45) is 0 Å².